The van der Waals surface area contributed by atoms with Gasteiger partial charge in [-0.15, -0.1) is 11.3 Å². The van der Waals surface area contributed by atoms with Crippen LogP contribution in [-0.4, -0.2) is 33.7 Å². The third-order valence-corrected chi connectivity index (χ3v) is 6.60. The lowest BCUT2D eigenvalue weighted by Crippen LogP contribution is -2.38. The number of hydrogen-bond donors (Lipinski definition) is 0. The van der Waals surface area contributed by atoms with E-state index in [1.807, 2.05) is 23.1 Å². The van der Waals surface area contributed by atoms with E-state index < -0.39 is 11.9 Å². The topological polar surface area (TPSA) is 38.1 Å². The molecule has 3 heterocycles. The van der Waals surface area contributed by atoms with E-state index in [1.165, 1.54) is 23.9 Å². The molecule has 1 aliphatic heterocycles. The van der Waals surface area contributed by atoms with E-state index in [4.69, 9.17) is 0 Å². The second-order valence-electron chi connectivity index (χ2n) is 7.63. The predicted octanol–water partition coefficient (Wildman–Crippen LogP) is 5.26. The molecule has 158 valence electrons. The highest BCUT2D eigenvalue weighted by molar-refractivity contribution is 7.17. The Hall–Kier alpha value is -2.61. The van der Waals surface area contributed by atoms with Gasteiger partial charge >= 0.3 is 6.18 Å². The van der Waals surface area contributed by atoms with E-state index >= 15 is 0 Å². The van der Waals surface area contributed by atoms with Gasteiger partial charge < -0.3 is 4.90 Å². The number of aryl methyl sites for hydroxylation is 1. The zero-order chi connectivity index (χ0) is 21.3. The molecule has 30 heavy (non-hydrogen) atoms. The van der Waals surface area contributed by atoms with Crippen molar-refractivity contribution >= 4 is 17.2 Å². The highest BCUT2D eigenvalue weighted by Gasteiger charge is 2.35. The first-order chi connectivity index (χ1) is 14.3. The van der Waals surface area contributed by atoms with E-state index in [-0.39, 0.29) is 11.6 Å². The van der Waals surface area contributed by atoms with Crippen LogP contribution in [0.25, 0.3) is 10.6 Å². The van der Waals surface area contributed by atoms with E-state index in [1.54, 1.807) is 12.1 Å². The van der Waals surface area contributed by atoms with Gasteiger partial charge in [-0.1, -0.05) is 30.3 Å². The molecule has 3 aromatic rings. The van der Waals surface area contributed by atoms with Crippen LogP contribution in [-0.2, 0) is 19.6 Å². The first-order valence-corrected chi connectivity index (χ1v) is 10.7. The number of thiophene rings is 1. The molecule has 0 radical (unpaired) electrons. The largest absolute Gasteiger partial charge is 0.433 e. The third kappa shape index (κ3) is 4.43. The van der Waals surface area contributed by atoms with Gasteiger partial charge in [-0.05, 0) is 48.9 Å². The Morgan fingerprint density at radius 1 is 1.13 bits per heavy atom. The van der Waals surface area contributed by atoms with Crippen LogP contribution in [0.4, 0.5) is 13.2 Å². The highest BCUT2D eigenvalue weighted by Crippen LogP contribution is 2.34. The van der Waals surface area contributed by atoms with Gasteiger partial charge in [0.1, 0.15) is 11.4 Å². The van der Waals surface area contributed by atoms with Crippen molar-refractivity contribution in [2.45, 2.75) is 25.4 Å². The summed E-state index contributed by atoms with van der Waals surface area (Å²) in [5, 5.41) is 3.96. The molecule has 0 unspecified atom stereocenters. The molecule has 1 saturated heterocycles. The quantitative estimate of drug-likeness (QED) is 0.563. The fourth-order valence-corrected chi connectivity index (χ4v) is 4.82. The van der Waals surface area contributed by atoms with Crippen molar-refractivity contribution < 1.29 is 18.0 Å². The van der Waals surface area contributed by atoms with Gasteiger partial charge in [-0.2, -0.15) is 18.3 Å². The Morgan fingerprint density at radius 3 is 2.47 bits per heavy atom. The van der Waals surface area contributed by atoms with E-state index in [0.717, 1.165) is 30.0 Å². The number of carbonyl (C=O) groups excluding carboxylic acids is 1. The number of nitrogens with zero attached hydrogens (tertiary/aromatic N) is 3. The van der Waals surface area contributed by atoms with Crippen molar-refractivity contribution in [2.75, 3.05) is 13.1 Å². The summed E-state index contributed by atoms with van der Waals surface area (Å²) in [7, 11) is 1.27. The summed E-state index contributed by atoms with van der Waals surface area (Å²) in [4.78, 5) is 15.8. The number of carbonyl (C=O) groups is 1. The molecule has 0 saturated carbocycles. The molecular weight excluding hydrogens is 411 g/mol. The number of rotatable bonds is 4. The monoisotopic (exact) mass is 433 g/mol. The van der Waals surface area contributed by atoms with E-state index in [9.17, 15) is 18.0 Å². The minimum Gasteiger partial charge on any atom is -0.338 e. The van der Waals surface area contributed by atoms with Gasteiger partial charge in [0.05, 0.1) is 9.75 Å². The fourth-order valence-electron chi connectivity index (χ4n) is 3.89. The lowest BCUT2D eigenvalue weighted by molar-refractivity contribution is -0.143. The van der Waals surface area contributed by atoms with Crippen LogP contribution in [0.2, 0.25) is 0 Å². The maximum Gasteiger partial charge on any atom is 0.433 e. The average molecular weight is 433 g/mol. The van der Waals surface area contributed by atoms with Crippen LogP contribution < -0.4 is 0 Å². The Labute approximate surface area is 176 Å². The predicted molar refractivity (Wildman–Crippen MR) is 110 cm³/mol. The first kappa shape index (κ1) is 20.7. The molecule has 0 aliphatic carbocycles. The van der Waals surface area contributed by atoms with Crippen LogP contribution in [0.3, 0.4) is 0 Å². The van der Waals surface area contributed by atoms with Crippen molar-refractivity contribution in [1.29, 1.82) is 0 Å². The molecule has 1 amide bonds. The molecule has 4 rings (SSSR count). The number of alkyl halides is 3. The normalized spacial score (nSPS) is 15.5. The summed E-state index contributed by atoms with van der Waals surface area (Å²) >= 11 is 1.19. The maximum atomic E-state index is 13.0. The summed E-state index contributed by atoms with van der Waals surface area (Å²) in [6.07, 6.45) is -1.53. The maximum absolute atomic E-state index is 13.0. The van der Waals surface area contributed by atoms with E-state index in [0.29, 0.717) is 28.8 Å². The van der Waals surface area contributed by atoms with Gasteiger partial charge in [0.25, 0.3) is 5.91 Å². The Morgan fingerprint density at radius 2 is 1.83 bits per heavy atom. The molecular formula is C22H22F3N3OS. The zero-order valence-corrected chi connectivity index (χ0v) is 17.3. The number of aromatic nitrogens is 2. The second kappa shape index (κ2) is 8.26. The molecule has 1 aliphatic rings. The molecule has 0 spiro atoms. The molecule has 4 nitrogen and oxygen atoms in total. The standard InChI is InChI=1S/C22H22F3N3OS/c1-27-20(22(23,24)25)14-17(26-27)18-7-8-19(30-18)21(29)28-11-9-16(10-12-28)13-15-5-3-2-4-6-15/h2-8,14,16H,9-13H2,1H3. The number of likely N-dealkylation sites (tertiary alicyclic amines) is 1. The Bertz CT molecular complexity index is 1020. The number of amides is 1. The molecule has 8 heteroatoms. The smallest absolute Gasteiger partial charge is 0.338 e. The van der Waals surface area contributed by atoms with Crippen molar-refractivity contribution in [1.82, 2.24) is 14.7 Å². The molecule has 1 fully saturated rings. The Balaban J connectivity index is 1.39. The van der Waals surface area contributed by atoms with Crippen molar-refractivity contribution in [2.24, 2.45) is 13.0 Å². The summed E-state index contributed by atoms with van der Waals surface area (Å²) < 4.78 is 39.8. The second-order valence-corrected chi connectivity index (χ2v) is 8.71. The number of piperidine rings is 1. The molecule has 0 bridgehead atoms. The summed E-state index contributed by atoms with van der Waals surface area (Å²) in [6, 6.07) is 14.7. The molecule has 0 N–H and O–H groups in total. The highest BCUT2D eigenvalue weighted by atomic mass is 32.1. The molecule has 0 atom stereocenters. The van der Waals surface area contributed by atoms with Gasteiger partial charge in [-0.3, -0.25) is 9.48 Å². The first-order valence-electron chi connectivity index (χ1n) is 9.86. The average Bonchev–Trinajstić information content (AvgIpc) is 3.35. The number of hydrogen-bond acceptors (Lipinski definition) is 3. The van der Waals surface area contributed by atoms with Crippen molar-refractivity contribution in [3.8, 4) is 10.6 Å². The van der Waals surface area contributed by atoms with Crippen LogP contribution in [0.5, 0.6) is 0 Å². The summed E-state index contributed by atoms with van der Waals surface area (Å²) in [6.45, 7) is 1.40. The van der Waals surface area contributed by atoms with Crippen LogP contribution in [0, 0.1) is 5.92 Å². The zero-order valence-electron chi connectivity index (χ0n) is 16.5. The number of halogens is 3. The minimum atomic E-state index is -4.46. The SMILES string of the molecule is Cn1nc(-c2ccc(C(=O)N3CCC(Cc4ccccc4)CC3)s2)cc1C(F)(F)F. The lowest BCUT2D eigenvalue weighted by atomic mass is 9.90. The van der Waals surface area contributed by atoms with E-state index in [2.05, 4.69) is 17.2 Å². The van der Waals surface area contributed by atoms with Crippen molar-refractivity contribution in [3.63, 3.8) is 0 Å². The Kier molecular flexibility index (Phi) is 5.69. The van der Waals surface area contributed by atoms with Crippen molar-refractivity contribution in [3.05, 3.63) is 64.7 Å². The van der Waals surface area contributed by atoms with Gasteiger partial charge in [0.15, 0.2) is 0 Å². The van der Waals surface area contributed by atoms with Gasteiger partial charge in [-0.25, -0.2) is 0 Å². The van der Waals surface area contributed by atoms with Crippen LogP contribution in [0.15, 0.2) is 48.5 Å². The lowest BCUT2D eigenvalue weighted by Gasteiger charge is -2.31. The van der Waals surface area contributed by atoms with Gasteiger partial charge in [0, 0.05) is 20.1 Å². The van der Waals surface area contributed by atoms with Crippen LogP contribution in [0.1, 0.15) is 33.8 Å². The molecule has 2 aromatic heterocycles. The fraction of sp³-hybridized carbons (Fsp3) is 0.364. The van der Waals surface area contributed by atoms with Crippen LogP contribution >= 0.6 is 11.3 Å². The summed E-state index contributed by atoms with van der Waals surface area (Å²) in [5.74, 6) is 0.501. The number of benzene rings is 1. The minimum absolute atomic E-state index is 0.0589. The third-order valence-electron chi connectivity index (χ3n) is 5.51. The summed E-state index contributed by atoms with van der Waals surface area (Å²) in [5.41, 5.74) is 0.744. The van der Waals surface area contributed by atoms with Gasteiger partial charge in [0.2, 0.25) is 0 Å². The molecule has 1 aromatic carbocycles.